The van der Waals surface area contributed by atoms with Crippen molar-refractivity contribution in [3.05, 3.63) is 58.2 Å². The number of nitrogens with one attached hydrogen (secondary N) is 6. The fourth-order valence-corrected chi connectivity index (χ4v) is 3.84. The summed E-state index contributed by atoms with van der Waals surface area (Å²) in [4.78, 5) is 9.50. The van der Waals surface area contributed by atoms with Gasteiger partial charge in [-0.25, -0.2) is 0 Å². The van der Waals surface area contributed by atoms with Crippen LogP contribution in [0.25, 0.3) is 0 Å². The lowest BCUT2D eigenvalue weighted by atomic mass is 10.1. The van der Waals surface area contributed by atoms with Gasteiger partial charge >= 0.3 is 0 Å². The molecule has 0 aliphatic carbocycles. The van der Waals surface area contributed by atoms with E-state index in [1.807, 2.05) is 24.3 Å². The molecule has 4 heterocycles. The molecule has 8 heteroatoms. The lowest BCUT2D eigenvalue weighted by Crippen LogP contribution is -2.33. The molecule has 0 radical (unpaired) electrons. The van der Waals surface area contributed by atoms with E-state index in [9.17, 15) is 0 Å². The first kappa shape index (κ1) is 24.3. The number of rotatable bonds is 0. The van der Waals surface area contributed by atoms with Crippen LogP contribution in [-0.4, -0.2) is 62.3 Å². The Bertz CT molecular complexity index is 918. The Balaban J connectivity index is 1.48. The summed E-state index contributed by atoms with van der Waals surface area (Å²) in [5.41, 5.74) is 5.90. The summed E-state index contributed by atoms with van der Waals surface area (Å²) in [5, 5.41) is 20.5. The van der Waals surface area contributed by atoms with Crippen LogP contribution < -0.4 is 31.9 Å². The Morgan fingerprint density at radius 2 is 0.735 bits per heavy atom. The standard InChI is InChI=1S/C26H34N8/c1(3-21-13-23-17-29-9-5-27-6-10-30-18-24(14-21)33-23)2-4-22-15-25-19-31-11-7-28-8-12-32-20-26(16-22)34-25/h13-16,27-32H,5-12,17-20H2. The topological polar surface area (TPSA) is 98.0 Å². The van der Waals surface area contributed by atoms with Crippen LogP contribution in [0.2, 0.25) is 0 Å². The van der Waals surface area contributed by atoms with E-state index in [1.54, 1.807) is 0 Å². The van der Waals surface area contributed by atoms with Crippen LogP contribution in [0.15, 0.2) is 24.3 Å². The molecule has 0 aromatic carbocycles. The molecule has 2 aliphatic heterocycles. The highest BCUT2D eigenvalue weighted by Gasteiger charge is 2.05. The quantitative estimate of drug-likeness (QED) is 0.293. The Hall–Kier alpha value is -2.82. The molecule has 2 aromatic heterocycles. The zero-order chi connectivity index (χ0) is 23.3. The second-order valence-electron chi connectivity index (χ2n) is 8.38. The summed E-state index contributed by atoms with van der Waals surface area (Å²) in [5.74, 6) is 12.5. The van der Waals surface area contributed by atoms with Gasteiger partial charge in [-0.05, 0) is 36.1 Å². The molecule has 0 saturated carbocycles. The predicted molar refractivity (Wildman–Crippen MR) is 135 cm³/mol. The van der Waals surface area contributed by atoms with Gasteiger partial charge in [0, 0.05) is 89.7 Å². The molecular formula is C26H34N8. The van der Waals surface area contributed by atoms with Crippen molar-refractivity contribution in [1.29, 1.82) is 0 Å². The third kappa shape index (κ3) is 8.51. The molecule has 0 saturated heterocycles. The molecule has 4 rings (SSSR count). The maximum Gasteiger partial charge on any atom is 0.0557 e. The first-order valence-corrected chi connectivity index (χ1v) is 12.1. The smallest absolute Gasteiger partial charge is 0.0557 e. The van der Waals surface area contributed by atoms with Gasteiger partial charge in [0.05, 0.1) is 22.8 Å². The van der Waals surface area contributed by atoms with E-state index in [0.29, 0.717) is 0 Å². The van der Waals surface area contributed by atoms with E-state index in [0.717, 1.165) is 112 Å². The summed E-state index contributed by atoms with van der Waals surface area (Å²) >= 11 is 0. The number of aromatic nitrogens is 2. The molecule has 8 nitrogen and oxygen atoms in total. The van der Waals surface area contributed by atoms with E-state index in [2.05, 4.69) is 55.6 Å². The SMILES string of the molecule is C(C#Cc1cc2nc(c1)CNCCNCCNC2)#Cc1cc2nc(c1)CNCCNCCNC2. The van der Waals surface area contributed by atoms with Gasteiger partial charge in [0.25, 0.3) is 0 Å². The van der Waals surface area contributed by atoms with Gasteiger partial charge in [0.1, 0.15) is 0 Å². The van der Waals surface area contributed by atoms with Crippen molar-refractivity contribution < 1.29 is 0 Å². The second-order valence-corrected chi connectivity index (χ2v) is 8.38. The minimum atomic E-state index is 0.733. The molecule has 0 fully saturated rings. The minimum absolute atomic E-state index is 0.733. The highest BCUT2D eigenvalue weighted by atomic mass is 15.0. The zero-order valence-corrected chi connectivity index (χ0v) is 19.7. The van der Waals surface area contributed by atoms with E-state index in [-0.39, 0.29) is 0 Å². The highest BCUT2D eigenvalue weighted by Crippen LogP contribution is 2.07. The molecule has 0 atom stereocenters. The van der Waals surface area contributed by atoms with Crippen LogP contribution in [0.4, 0.5) is 0 Å². The van der Waals surface area contributed by atoms with Crippen LogP contribution >= 0.6 is 0 Å². The van der Waals surface area contributed by atoms with Gasteiger partial charge in [-0.3, -0.25) is 9.97 Å². The average molecular weight is 459 g/mol. The number of pyridine rings is 2. The second kappa shape index (κ2) is 13.8. The molecular weight excluding hydrogens is 424 g/mol. The first-order valence-electron chi connectivity index (χ1n) is 12.1. The Morgan fingerprint density at radius 1 is 0.441 bits per heavy atom. The van der Waals surface area contributed by atoms with Crippen LogP contribution in [0, 0.1) is 23.7 Å². The van der Waals surface area contributed by atoms with Gasteiger partial charge in [-0.2, -0.15) is 0 Å². The van der Waals surface area contributed by atoms with Crippen molar-refractivity contribution >= 4 is 0 Å². The Kier molecular flexibility index (Phi) is 9.85. The number of hydrogen-bond donors (Lipinski definition) is 6. The molecule has 178 valence electrons. The van der Waals surface area contributed by atoms with Gasteiger partial charge in [-0.15, -0.1) is 0 Å². The number of fused-ring (bicyclic) bond motifs is 4. The molecule has 34 heavy (non-hydrogen) atoms. The minimum Gasteiger partial charge on any atom is -0.314 e. The molecule has 2 aromatic rings. The van der Waals surface area contributed by atoms with Gasteiger partial charge in [0.2, 0.25) is 0 Å². The molecule has 0 spiro atoms. The first-order chi connectivity index (χ1) is 16.8. The fourth-order valence-electron chi connectivity index (χ4n) is 3.84. The van der Waals surface area contributed by atoms with Crippen molar-refractivity contribution in [2.75, 3.05) is 52.4 Å². The Labute approximate surface area is 202 Å². The number of nitrogens with zero attached hydrogens (tertiary/aromatic N) is 2. The van der Waals surface area contributed by atoms with Gasteiger partial charge in [0.15, 0.2) is 0 Å². The monoisotopic (exact) mass is 458 g/mol. The van der Waals surface area contributed by atoms with Crippen molar-refractivity contribution in [3.8, 4) is 23.7 Å². The van der Waals surface area contributed by atoms with Crippen LogP contribution in [-0.2, 0) is 26.2 Å². The van der Waals surface area contributed by atoms with Crippen LogP contribution in [0.5, 0.6) is 0 Å². The van der Waals surface area contributed by atoms with Crippen molar-refractivity contribution in [2.24, 2.45) is 0 Å². The van der Waals surface area contributed by atoms with Crippen molar-refractivity contribution in [3.63, 3.8) is 0 Å². The third-order valence-electron chi connectivity index (χ3n) is 5.48. The van der Waals surface area contributed by atoms with E-state index in [1.165, 1.54) is 0 Å². The van der Waals surface area contributed by atoms with E-state index >= 15 is 0 Å². The van der Waals surface area contributed by atoms with E-state index in [4.69, 9.17) is 9.97 Å². The largest absolute Gasteiger partial charge is 0.314 e. The van der Waals surface area contributed by atoms with Crippen LogP contribution in [0.1, 0.15) is 33.9 Å². The summed E-state index contributed by atoms with van der Waals surface area (Å²) in [7, 11) is 0. The molecule has 2 aliphatic rings. The molecule has 4 bridgehead atoms. The molecule has 0 amide bonds. The summed E-state index contributed by atoms with van der Waals surface area (Å²) in [6.45, 7) is 10.4. The zero-order valence-electron chi connectivity index (χ0n) is 19.7. The lowest BCUT2D eigenvalue weighted by molar-refractivity contribution is 0.565. The normalized spacial score (nSPS) is 17.8. The third-order valence-corrected chi connectivity index (χ3v) is 5.48. The van der Waals surface area contributed by atoms with Gasteiger partial charge in [-0.1, -0.05) is 11.8 Å². The lowest BCUT2D eigenvalue weighted by Gasteiger charge is -2.12. The van der Waals surface area contributed by atoms with Crippen molar-refractivity contribution in [2.45, 2.75) is 26.2 Å². The van der Waals surface area contributed by atoms with Gasteiger partial charge < -0.3 is 31.9 Å². The highest BCUT2D eigenvalue weighted by molar-refractivity contribution is 5.45. The fraction of sp³-hybridized carbons (Fsp3) is 0.462. The maximum absolute atomic E-state index is 4.75. The molecule has 0 unspecified atom stereocenters. The summed E-state index contributed by atoms with van der Waals surface area (Å²) in [6.07, 6.45) is 0. The predicted octanol–water partition coefficient (Wildman–Crippen LogP) is -0.555. The van der Waals surface area contributed by atoms with Crippen LogP contribution in [0.3, 0.4) is 0 Å². The summed E-state index contributed by atoms with van der Waals surface area (Å²) in [6, 6.07) is 8.18. The Morgan fingerprint density at radius 3 is 1.06 bits per heavy atom. The maximum atomic E-state index is 4.75. The average Bonchev–Trinajstić information content (AvgIpc) is 2.83. The number of hydrogen-bond acceptors (Lipinski definition) is 8. The van der Waals surface area contributed by atoms with E-state index < -0.39 is 0 Å². The van der Waals surface area contributed by atoms with Crippen molar-refractivity contribution in [1.82, 2.24) is 41.9 Å². The summed E-state index contributed by atoms with van der Waals surface area (Å²) < 4.78 is 0. The molecule has 6 N–H and O–H groups in total.